The SMILES string of the molecule is Cc1cc(NC2NN([C@@H](CC#N)C3CC3)C3CCNC(=O)C23)ccc1C(C1CCCC1)n1nccn1. The lowest BCUT2D eigenvalue weighted by atomic mass is 9.88. The van der Waals surface area contributed by atoms with E-state index in [0.29, 0.717) is 24.8 Å². The molecule has 190 valence electrons. The van der Waals surface area contributed by atoms with Crippen LogP contribution in [0, 0.1) is 36.0 Å². The quantitative estimate of drug-likeness (QED) is 0.524. The molecule has 4 unspecified atom stereocenters. The van der Waals surface area contributed by atoms with Gasteiger partial charge in [0, 0.05) is 24.3 Å². The fraction of sp³-hybridized carbons (Fsp3) is 0.630. The summed E-state index contributed by atoms with van der Waals surface area (Å²) in [4.78, 5) is 14.9. The monoisotopic (exact) mass is 488 g/mol. The van der Waals surface area contributed by atoms with Crippen molar-refractivity contribution in [2.24, 2.45) is 17.8 Å². The van der Waals surface area contributed by atoms with E-state index in [-0.39, 0.29) is 36.1 Å². The van der Waals surface area contributed by atoms with Crippen LogP contribution < -0.4 is 16.1 Å². The minimum absolute atomic E-state index is 0.0876. The number of hydrazine groups is 1. The molecule has 0 spiro atoms. The molecule has 2 saturated heterocycles. The van der Waals surface area contributed by atoms with Gasteiger partial charge in [-0.1, -0.05) is 18.9 Å². The van der Waals surface area contributed by atoms with Gasteiger partial charge in [-0.25, -0.2) is 10.4 Å². The summed E-state index contributed by atoms with van der Waals surface area (Å²) in [6.07, 6.45) is 12.0. The highest BCUT2D eigenvalue weighted by Crippen LogP contribution is 2.42. The van der Waals surface area contributed by atoms with Gasteiger partial charge in [-0.3, -0.25) is 4.79 Å². The van der Waals surface area contributed by atoms with E-state index in [1.165, 1.54) is 49.7 Å². The number of hydrogen-bond acceptors (Lipinski definition) is 7. The number of aryl methyl sites for hydroxylation is 1. The fourth-order valence-corrected chi connectivity index (χ4v) is 6.85. The maximum absolute atomic E-state index is 13.0. The Balaban J connectivity index is 1.24. The van der Waals surface area contributed by atoms with Gasteiger partial charge >= 0.3 is 0 Å². The molecule has 3 heterocycles. The first-order valence-corrected chi connectivity index (χ1v) is 13.6. The summed E-state index contributed by atoms with van der Waals surface area (Å²) >= 11 is 0. The van der Waals surface area contributed by atoms with Gasteiger partial charge in [0.05, 0.1) is 36.8 Å². The highest BCUT2D eigenvalue weighted by atomic mass is 16.2. The first-order valence-electron chi connectivity index (χ1n) is 13.6. The van der Waals surface area contributed by atoms with Crippen LogP contribution in [0.3, 0.4) is 0 Å². The largest absolute Gasteiger partial charge is 0.368 e. The molecule has 3 N–H and O–H groups in total. The zero-order valence-electron chi connectivity index (χ0n) is 20.9. The average Bonchev–Trinajstić information content (AvgIpc) is 3.24. The first-order chi connectivity index (χ1) is 17.6. The Morgan fingerprint density at radius 3 is 2.61 bits per heavy atom. The molecule has 4 aliphatic rings. The number of carbonyl (C=O) groups excluding carboxylic acids is 1. The van der Waals surface area contributed by atoms with E-state index < -0.39 is 0 Å². The van der Waals surface area contributed by atoms with Crippen molar-refractivity contribution in [2.75, 3.05) is 11.9 Å². The van der Waals surface area contributed by atoms with Crippen LogP contribution in [0.1, 0.15) is 68.5 Å². The van der Waals surface area contributed by atoms with Crippen LogP contribution in [0.15, 0.2) is 30.6 Å². The molecule has 1 aromatic heterocycles. The predicted octanol–water partition coefficient (Wildman–Crippen LogP) is 3.12. The van der Waals surface area contributed by atoms with Gasteiger partial charge in [0.15, 0.2) is 0 Å². The van der Waals surface area contributed by atoms with E-state index in [2.05, 4.69) is 62.5 Å². The Morgan fingerprint density at radius 1 is 1.14 bits per heavy atom. The third-order valence-electron chi connectivity index (χ3n) is 8.73. The molecular formula is C27H36N8O. The molecule has 9 heteroatoms. The van der Waals surface area contributed by atoms with Crippen molar-refractivity contribution in [1.29, 1.82) is 5.26 Å². The predicted molar refractivity (Wildman–Crippen MR) is 135 cm³/mol. The standard InChI is InChI=1S/C27H36N8O/c1-17-16-20(8-9-21(17)25(19-4-2-3-5-19)35-30-14-15-31-35)32-26-24-23(11-13-29-27(24)36)34(33-26)22(10-12-28)18-6-7-18/h8-9,14-16,18-19,22-26,32-33H,2-7,10-11,13H2,1H3,(H,29,36)/t22-,23?,24?,25?,26?/m0/s1. The van der Waals surface area contributed by atoms with Crippen molar-refractivity contribution < 1.29 is 4.79 Å². The van der Waals surface area contributed by atoms with Gasteiger partial charge in [0.1, 0.15) is 6.17 Å². The molecule has 1 aromatic carbocycles. The molecule has 36 heavy (non-hydrogen) atoms. The Morgan fingerprint density at radius 2 is 1.92 bits per heavy atom. The van der Waals surface area contributed by atoms with E-state index >= 15 is 0 Å². The zero-order chi connectivity index (χ0) is 24.6. The maximum atomic E-state index is 13.0. The van der Waals surface area contributed by atoms with Gasteiger partial charge in [0.2, 0.25) is 5.91 Å². The number of anilines is 1. The van der Waals surface area contributed by atoms with E-state index in [9.17, 15) is 10.1 Å². The topological polar surface area (TPSA) is 111 Å². The Bertz CT molecular complexity index is 1120. The van der Waals surface area contributed by atoms with Crippen LogP contribution in [0.5, 0.6) is 0 Å². The summed E-state index contributed by atoms with van der Waals surface area (Å²) in [5.74, 6) is 0.987. The summed E-state index contributed by atoms with van der Waals surface area (Å²) in [7, 11) is 0. The molecule has 1 amide bonds. The number of carbonyl (C=O) groups is 1. The number of nitrogens with one attached hydrogen (secondary N) is 3. The number of nitriles is 1. The zero-order valence-corrected chi connectivity index (χ0v) is 20.9. The minimum Gasteiger partial charge on any atom is -0.368 e. The van der Waals surface area contributed by atoms with Crippen molar-refractivity contribution in [3.63, 3.8) is 0 Å². The maximum Gasteiger partial charge on any atom is 0.228 e. The lowest BCUT2D eigenvalue weighted by Crippen LogP contribution is -2.52. The highest BCUT2D eigenvalue weighted by molar-refractivity contribution is 5.82. The number of aromatic nitrogens is 3. The van der Waals surface area contributed by atoms with Crippen molar-refractivity contribution in [2.45, 2.75) is 82.6 Å². The molecule has 2 saturated carbocycles. The van der Waals surface area contributed by atoms with Gasteiger partial charge < -0.3 is 10.6 Å². The van der Waals surface area contributed by atoms with Gasteiger partial charge in [-0.2, -0.15) is 20.3 Å². The van der Waals surface area contributed by atoms with Crippen LogP contribution >= 0.6 is 0 Å². The second kappa shape index (κ2) is 9.83. The number of fused-ring (bicyclic) bond motifs is 1. The third-order valence-corrected chi connectivity index (χ3v) is 8.73. The average molecular weight is 489 g/mol. The molecule has 2 aromatic rings. The smallest absolute Gasteiger partial charge is 0.228 e. The van der Waals surface area contributed by atoms with Crippen molar-refractivity contribution in [3.05, 3.63) is 41.7 Å². The van der Waals surface area contributed by atoms with E-state index in [4.69, 9.17) is 0 Å². The van der Waals surface area contributed by atoms with Crippen molar-refractivity contribution in [3.8, 4) is 6.07 Å². The molecule has 2 aliphatic carbocycles. The second-order valence-electron chi connectivity index (χ2n) is 11.0. The van der Waals surface area contributed by atoms with Crippen LogP contribution in [0.2, 0.25) is 0 Å². The molecule has 5 atom stereocenters. The summed E-state index contributed by atoms with van der Waals surface area (Å²) < 4.78 is 0. The summed E-state index contributed by atoms with van der Waals surface area (Å²) in [5, 5.41) is 27.4. The number of hydrogen-bond donors (Lipinski definition) is 3. The number of rotatable bonds is 8. The first kappa shape index (κ1) is 23.4. The Labute approximate surface area is 212 Å². The van der Waals surface area contributed by atoms with Crippen LogP contribution in [-0.4, -0.2) is 50.7 Å². The summed E-state index contributed by atoms with van der Waals surface area (Å²) in [5.41, 5.74) is 7.09. The summed E-state index contributed by atoms with van der Waals surface area (Å²) in [6, 6.07) is 9.32. The number of nitrogens with zero attached hydrogens (tertiary/aromatic N) is 5. The van der Waals surface area contributed by atoms with Crippen molar-refractivity contribution in [1.82, 2.24) is 30.7 Å². The van der Waals surface area contributed by atoms with Crippen LogP contribution in [-0.2, 0) is 4.79 Å². The van der Waals surface area contributed by atoms with Crippen LogP contribution in [0.25, 0.3) is 0 Å². The Hall–Kier alpha value is -2.96. The molecule has 4 fully saturated rings. The fourth-order valence-electron chi connectivity index (χ4n) is 6.85. The van der Waals surface area contributed by atoms with E-state index in [1.54, 1.807) is 12.4 Å². The van der Waals surface area contributed by atoms with Gasteiger partial charge in [0.25, 0.3) is 0 Å². The second-order valence-corrected chi connectivity index (χ2v) is 11.0. The van der Waals surface area contributed by atoms with Crippen molar-refractivity contribution >= 4 is 11.6 Å². The molecule has 0 bridgehead atoms. The number of piperidine rings is 1. The highest BCUT2D eigenvalue weighted by Gasteiger charge is 2.51. The Kier molecular flexibility index (Phi) is 6.40. The molecular weight excluding hydrogens is 452 g/mol. The minimum atomic E-state index is -0.209. The molecule has 9 nitrogen and oxygen atoms in total. The van der Waals surface area contributed by atoms with Gasteiger partial charge in [-0.15, -0.1) is 0 Å². The normalized spacial score (nSPS) is 28.3. The number of benzene rings is 1. The van der Waals surface area contributed by atoms with E-state index in [0.717, 1.165) is 12.1 Å². The van der Waals surface area contributed by atoms with E-state index in [1.807, 2.05) is 4.80 Å². The molecule has 0 radical (unpaired) electrons. The molecule has 2 aliphatic heterocycles. The number of amides is 1. The lowest BCUT2D eigenvalue weighted by molar-refractivity contribution is -0.128. The lowest BCUT2D eigenvalue weighted by Gasteiger charge is -2.34. The van der Waals surface area contributed by atoms with Crippen LogP contribution in [0.4, 0.5) is 5.69 Å². The summed E-state index contributed by atoms with van der Waals surface area (Å²) in [6.45, 7) is 2.85. The third kappa shape index (κ3) is 4.37. The van der Waals surface area contributed by atoms with Gasteiger partial charge in [-0.05, 0) is 74.1 Å². The molecule has 6 rings (SSSR count).